The van der Waals surface area contributed by atoms with Crippen LogP contribution in [0, 0.1) is 21.7 Å². The Labute approximate surface area is 186 Å². The fourth-order valence-electron chi connectivity index (χ4n) is 3.56. The summed E-state index contributed by atoms with van der Waals surface area (Å²) in [5.41, 5.74) is 1.65. The van der Waals surface area contributed by atoms with E-state index in [1.807, 2.05) is 0 Å². The molecule has 0 spiro atoms. The van der Waals surface area contributed by atoms with Gasteiger partial charge in [-0.3, -0.25) is 14.9 Å². The molecule has 0 aliphatic rings. The van der Waals surface area contributed by atoms with Gasteiger partial charge in [0.25, 0.3) is 5.69 Å². The zero-order chi connectivity index (χ0) is 22.8. The highest BCUT2D eigenvalue weighted by Crippen LogP contribution is 2.39. The van der Waals surface area contributed by atoms with E-state index in [-0.39, 0.29) is 18.0 Å². The second-order valence-corrected chi connectivity index (χ2v) is 8.32. The third-order valence-electron chi connectivity index (χ3n) is 5.05. The molecule has 0 N–H and O–H groups in total. The Morgan fingerprint density at radius 2 is 1.75 bits per heavy atom. The molecule has 0 unspecified atom stereocenters. The number of Topliss-reactive ketones (excluding diaryl/α,β-unsaturated/α-hetero) is 1. The number of ketones is 1. The van der Waals surface area contributed by atoms with Gasteiger partial charge < -0.3 is 4.57 Å². The van der Waals surface area contributed by atoms with Crippen LogP contribution in [0.25, 0.3) is 10.9 Å². The number of fused-ring (bicyclic) bond motifs is 1. The summed E-state index contributed by atoms with van der Waals surface area (Å²) in [5, 5.41) is 12.2. The quantitative estimate of drug-likeness (QED) is 0.180. The van der Waals surface area contributed by atoms with Gasteiger partial charge in [-0.2, -0.15) is 0 Å². The number of benzene rings is 3. The molecular weight excluding hydrogens is 434 g/mol. The highest BCUT2D eigenvalue weighted by Gasteiger charge is 2.18. The lowest BCUT2D eigenvalue weighted by atomic mass is 10.1. The Hall–Kier alpha value is -3.52. The van der Waals surface area contributed by atoms with Crippen molar-refractivity contribution in [2.24, 2.45) is 0 Å². The van der Waals surface area contributed by atoms with Gasteiger partial charge in [0.05, 0.1) is 15.3 Å². The normalized spacial score (nSPS) is 11.1. The monoisotopic (exact) mass is 452 g/mol. The summed E-state index contributed by atoms with van der Waals surface area (Å²) in [6, 6.07) is 15.0. The number of rotatable bonds is 7. The van der Waals surface area contributed by atoms with Crippen molar-refractivity contribution in [1.82, 2.24) is 4.57 Å². The lowest BCUT2D eigenvalue weighted by Gasteiger charge is -2.07. The zero-order valence-corrected chi connectivity index (χ0v) is 17.9. The number of halogens is 2. The van der Waals surface area contributed by atoms with Gasteiger partial charge in [-0.05, 0) is 29.8 Å². The van der Waals surface area contributed by atoms with Crippen molar-refractivity contribution in [3.63, 3.8) is 0 Å². The number of aromatic nitrogens is 1. The molecule has 4 rings (SSSR count). The van der Waals surface area contributed by atoms with Crippen LogP contribution in [-0.4, -0.2) is 15.3 Å². The molecule has 0 amide bonds. The van der Waals surface area contributed by atoms with Gasteiger partial charge in [0.1, 0.15) is 11.6 Å². The van der Waals surface area contributed by atoms with E-state index in [4.69, 9.17) is 0 Å². The molecule has 0 fully saturated rings. The van der Waals surface area contributed by atoms with E-state index < -0.39 is 16.6 Å². The van der Waals surface area contributed by atoms with Crippen molar-refractivity contribution in [3.05, 3.63) is 99.7 Å². The molecule has 3 aromatic carbocycles. The fraction of sp³-hybridized carbons (Fsp3) is 0.125. The van der Waals surface area contributed by atoms with Crippen molar-refractivity contribution in [1.29, 1.82) is 0 Å². The average Bonchev–Trinajstić information content (AvgIpc) is 3.09. The summed E-state index contributed by atoms with van der Waals surface area (Å²) >= 11 is 1.23. The molecule has 8 heteroatoms. The van der Waals surface area contributed by atoms with Gasteiger partial charge in [0.15, 0.2) is 5.78 Å². The van der Waals surface area contributed by atoms with Gasteiger partial charge in [-0.1, -0.05) is 43.0 Å². The maximum atomic E-state index is 13.7. The second kappa shape index (κ2) is 8.92. The summed E-state index contributed by atoms with van der Waals surface area (Å²) in [6.07, 6.45) is 2.13. The maximum absolute atomic E-state index is 13.7. The van der Waals surface area contributed by atoms with Crippen LogP contribution >= 0.6 is 11.8 Å². The third-order valence-corrected chi connectivity index (χ3v) is 6.16. The van der Waals surface area contributed by atoms with Crippen molar-refractivity contribution >= 4 is 34.1 Å². The largest absolute Gasteiger partial charge is 0.342 e. The van der Waals surface area contributed by atoms with Gasteiger partial charge in [0, 0.05) is 47.1 Å². The Kier molecular flexibility index (Phi) is 6.05. The Morgan fingerprint density at radius 1 is 1.03 bits per heavy atom. The summed E-state index contributed by atoms with van der Waals surface area (Å²) < 4.78 is 29.2. The molecular formula is C24H18F2N2O3S. The van der Waals surface area contributed by atoms with E-state index >= 15 is 0 Å². The van der Waals surface area contributed by atoms with E-state index in [2.05, 4.69) is 0 Å². The second-order valence-electron chi connectivity index (χ2n) is 7.23. The molecule has 0 aliphatic heterocycles. The summed E-state index contributed by atoms with van der Waals surface area (Å²) in [6.45, 7) is 1.95. The predicted molar refractivity (Wildman–Crippen MR) is 119 cm³/mol. The standard InChI is InChI=1S/C24H18F2N2O3S/c1-2-22(29)16-7-8-19-21(11-16)27(13-15-9-17(25)12-18(26)10-15)14-24(19)32-23-6-4-3-5-20(23)28(30)31/h3-12,14H,2,13H2,1H3. The molecule has 0 aliphatic carbocycles. The molecule has 4 aromatic rings. The first-order valence-electron chi connectivity index (χ1n) is 9.88. The van der Waals surface area contributed by atoms with Crippen LogP contribution in [0.5, 0.6) is 0 Å². The van der Waals surface area contributed by atoms with Crippen molar-refractivity contribution < 1.29 is 18.5 Å². The van der Waals surface area contributed by atoms with E-state index in [0.29, 0.717) is 28.0 Å². The van der Waals surface area contributed by atoms with Crippen LogP contribution in [0.4, 0.5) is 14.5 Å². The minimum atomic E-state index is -0.673. The molecule has 0 saturated heterocycles. The van der Waals surface area contributed by atoms with Gasteiger partial charge >= 0.3 is 0 Å². The lowest BCUT2D eigenvalue weighted by molar-refractivity contribution is -0.387. The molecule has 0 bridgehead atoms. The number of carbonyl (C=O) groups is 1. The van der Waals surface area contributed by atoms with Crippen molar-refractivity contribution in [2.45, 2.75) is 29.7 Å². The van der Waals surface area contributed by atoms with Gasteiger partial charge in [-0.15, -0.1) is 0 Å². The van der Waals surface area contributed by atoms with Crippen LogP contribution in [-0.2, 0) is 6.54 Å². The highest BCUT2D eigenvalue weighted by atomic mass is 32.2. The number of nitrogens with zero attached hydrogens (tertiary/aromatic N) is 2. The van der Waals surface area contributed by atoms with Crippen LogP contribution < -0.4 is 0 Å². The molecule has 0 radical (unpaired) electrons. The number of nitro groups is 1. The molecule has 162 valence electrons. The molecule has 0 atom stereocenters. The summed E-state index contributed by atoms with van der Waals surface area (Å²) in [5.74, 6) is -1.37. The number of para-hydroxylation sites is 1. The first kappa shape index (κ1) is 21.7. The molecule has 32 heavy (non-hydrogen) atoms. The van der Waals surface area contributed by atoms with E-state index in [0.717, 1.165) is 16.3 Å². The lowest BCUT2D eigenvalue weighted by Crippen LogP contribution is -2.01. The van der Waals surface area contributed by atoms with Crippen LogP contribution in [0.2, 0.25) is 0 Å². The SMILES string of the molecule is CCC(=O)c1ccc2c(Sc3ccccc3[N+](=O)[O-])cn(Cc3cc(F)cc(F)c3)c2c1. The van der Waals surface area contributed by atoms with Crippen LogP contribution in [0.3, 0.4) is 0 Å². The van der Waals surface area contributed by atoms with E-state index in [9.17, 15) is 23.7 Å². The Balaban J connectivity index is 1.83. The number of hydrogen-bond donors (Lipinski definition) is 0. The van der Waals surface area contributed by atoms with E-state index in [1.54, 1.807) is 54.1 Å². The predicted octanol–water partition coefficient (Wildman–Crippen LogP) is 6.62. The maximum Gasteiger partial charge on any atom is 0.283 e. The molecule has 5 nitrogen and oxygen atoms in total. The van der Waals surface area contributed by atoms with Crippen molar-refractivity contribution in [2.75, 3.05) is 0 Å². The first-order chi connectivity index (χ1) is 15.4. The molecule has 1 aromatic heterocycles. The fourth-order valence-corrected chi connectivity index (χ4v) is 4.65. The highest BCUT2D eigenvalue weighted by molar-refractivity contribution is 7.99. The Morgan fingerprint density at radius 3 is 2.44 bits per heavy atom. The smallest absolute Gasteiger partial charge is 0.283 e. The number of nitro benzene ring substituents is 1. The van der Waals surface area contributed by atoms with Crippen molar-refractivity contribution in [3.8, 4) is 0 Å². The number of hydrogen-bond acceptors (Lipinski definition) is 4. The minimum Gasteiger partial charge on any atom is -0.342 e. The number of carbonyl (C=O) groups excluding carboxylic acids is 1. The first-order valence-corrected chi connectivity index (χ1v) is 10.7. The van der Waals surface area contributed by atoms with Gasteiger partial charge in [-0.25, -0.2) is 8.78 Å². The van der Waals surface area contributed by atoms with Gasteiger partial charge in [0.2, 0.25) is 0 Å². The molecule has 0 saturated carbocycles. The summed E-state index contributed by atoms with van der Waals surface area (Å²) in [7, 11) is 0. The van der Waals surface area contributed by atoms with Crippen LogP contribution in [0.15, 0.2) is 76.7 Å². The third kappa shape index (κ3) is 4.40. The summed E-state index contributed by atoms with van der Waals surface area (Å²) in [4.78, 5) is 24.4. The van der Waals surface area contributed by atoms with E-state index in [1.165, 1.54) is 30.0 Å². The Bertz CT molecular complexity index is 1330. The average molecular weight is 452 g/mol. The van der Waals surface area contributed by atoms with Crippen LogP contribution in [0.1, 0.15) is 29.3 Å². The topological polar surface area (TPSA) is 65.1 Å². The zero-order valence-electron chi connectivity index (χ0n) is 17.0. The molecule has 1 heterocycles. The minimum absolute atomic E-state index is 0.0108.